The molecule has 1 N–H and O–H groups in total. The van der Waals surface area contributed by atoms with E-state index in [1.807, 2.05) is 29.8 Å². The molecule has 4 rings (SSSR count). The van der Waals surface area contributed by atoms with Gasteiger partial charge in [-0.25, -0.2) is 4.68 Å². The Kier molecular flexibility index (Phi) is 4.36. The van der Waals surface area contributed by atoms with Gasteiger partial charge in [0.1, 0.15) is 0 Å². The minimum atomic E-state index is 0.198. The highest BCUT2D eigenvalue weighted by atomic mass is 16.1. The maximum Gasteiger partial charge on any atom is 0.220 e. The van der Waals surface area contributed by atoms with Gasteiger partial charge in [-0.05, 0) is 63.0 Å². The van der Waals surface area contributed by atoms with Gasteiger partial charge >= 0.3 is 0 Å². The van der Waals surface area contributed by atoms with Gasteiger partial charge in [0.2, 0.25) is 5.91 Å². The number of fused-ring (bicyclic) bond motifs is 2. The lowest BCUT2D eigenvalue weighted by atomic mass is 9.86. The van der Waals surface area contributed by atoms with Crippen LogP contribution in [0.5, 0.6) is 0 Å². The molecule has 2 aromatic rings. The fourth-order valence-electron chi connectivity index (χ4n) is 4.88. The van der Waals surface area contributed by atoms with Crippen molar-refractivity contribution in [1.82, 2.24) is 15.1 Å². The molecule has 3 atom stereocenters. The van der Waals surface area contributed by atoms with Crippen LogP contribution in [0.2, 0.25) is 0 Å². The second kappa shape index (κ2) is 6.66. The maximum atomic E-state index is 12.4. The number of benzene rings is 1. The van der Waals surface area contributed by atoms with E-state index in [1.165, 1.54) is 25.7 Å². The van der Waals surface area contributed by atoms with Crippen molar-refractivity contribution in [2.24, 2.45) is 17.8 Å². The van der Waals surface area contributed by atoms with Crippen molar-refractivity contribution in [3.63, 3.8) is 0 Å². The van der Waals surface area contributed by atoms with Crippen LogP contribution in [0.3, 0.4) is 0 Å². The molecule has 2 aliphatic carbocycles. The molecule has 1 aromatic carbocycles. The summed E-state index contributed by atoms with van der Waals surface area (Å²) < 4.78 is 1.97. The third kappa shape index (κ3) is 3.22. The third-order valence-electron chi connectivity index (χ3n) is 6.24. The van der Waals surface area contributed by atoms with E-state index in [-0.39, 0.29) is 5.91 Å². The van der Waals surface area contributed by atoms with Gasteiger partial charge in [0.05, 0.1) is 11.4 Å². The Labute approximate surface area is 149 Å². The summed E-state index contributed by atoms with van der Waals surface area (Å²) in [6.07, 6.45) is 6.05. The molecule has 1 heterocycles. The Morgan fingerprint density at radius 1 is 1.20 bits per heavy atom. The highest BCUT2D eigenvalue weighted by Gasteiger charge is 2.40. The molecule has 2 aliphatic rings. The quantitative estimate of drug-likeness (QED) is 0.898. The van der Waals surface area contributed by atoms with Gasteiger partial charge in [0.25, 0.3) is 0 Å². The molecule has 132 valence electrons. The minimum absolute atomic E-state index is 0.198. The molecule has 2 fully saturated rings. The number of rotatable bonds is 5. The number of para-hydroxylation sites is 1. The molecular formula is C21H27N3O. The Bertz CT molecular complexity index is 765. The van der Waals surface area contributed by atoms with Gasteiger partial charge in [0, 0.05) is 24.2 Å². The fourth-order valence-corrected chi connectivity index (χ4v) is 4.88. The van der Waals surface area contributed by atoms with E-state index in [0.29, 0.717) is 18.9 Å². The molecule has 4 heteroatoms. The molecule has 2 bridgehead atoms. The predicted molar refractivity (Wildman–Crippen MR) is 98.4 cm³/mol. The van der Waals surface area contributed by atoms with E-state index in [1.54, 1.807) is 0 Å². The second-order valence-corrected chi connectivity index (χ2v) is 7.81. The first-order valence-electron chi connectivity index (χ1n) is 9.49. The normalized spacial score (nSPS) is 24.6. The Balaban J connectivity index is 1.39. The van der Waals surface area contributed by atoms with E-state index in [2.05, 4.69) is 29.5 Å². The number of amides is 1. The highest BCUT2D eigenvalue weighted by Crippen LogP contribution is 2.49. The molecular weight excluding hydrogens is 310 g/mol. The minimum Gasteiger partial charge on any atom is -0.352 e. The number of hydrogen-bond donors (Lipinski definition) is 1. The SMILES string of the molecule is Cc1nn(-c2ccccc2)c(C)c1CNC(=O)CC1CC2CCC1C2. The Morgan fingerprint density at radius 2 is 2.00 bits per heavy atom. The van der Waals surface area contributed by atoms with Gasteiger partial charge in [-0.15, -0.1) is 0 Å². The van der Waals surface area contributed by atoms with Crippen LogP contribution in [-0.2, 0) is 11.3 Å². The van der Waals surface area contributed by atoms with E-state index in [0.717, 1.165) is 34.5 Å². The van der Waals surface area contributed by atoms with Gasteiger partial charge < -0.3 is 5.32 Å². The fraction of sp³-hybridized carbons (Fsp3) is 0.524. The molecule has 0 spiro atoms. The first-order valence-corrected chi connectivity index (χ1v) is 9.49. The van der Waals surface area contributed by atoms with E-state index in [4.69, 9.17) is 0 Å². The van der Waals surface area contributed by atoms with Crippen LogP contribution in [0.1, 0.15) is 49.1 Å². The van der Waals surface area contributed by atoms with Crippen molar-refractivity contribution < 1.29 is 4.79 Å². The smallest absolute Gasteiger partial charge is 0.220 e. The molecule has 1 aromatic heterocycles. The van der Waals surface area contributed by atoms with Crippen LogP contribution in [0, 0.1) is 31.6 Å². The topological polar surface area (TPSA) is 46.9 Å². The maximum absolute atomic E-state index is 12.4. The summed E-state index contributed by atoms with van der Waals surface area (Å²) in [7, 11) is 0. The zero-order valence-corrected chi connectivity index (χ0v) is 15.2. The number of nitrogens with one attached hydrogen (secondary N) is 1. The summed E-state index contributed by atoms with van der Waals surface area (Å²) in [5.41, 5.74) is 4.28. The van der Waals surface area contributed by atoms with Crippen LogP contribution in [0.25, 0.3) is 5.69 Å². The average molecular weight is 337 g/mol. The van der Waals surface area contributed by atoms with Crippen LogP contribution in [0.15, 0.2) is 30.3 Å². The van der Waals surface area contributed by atoms with Crippen LogP contribution in [-0.4, -0.2) is 15.7 Å². The monoisotopic (exact) mass is 337 g/mol. The summed E-state index contributed by atoms with van der Waals surface area (Å²) in [6.45, 7) is 4.67. The number of aromatic nitrogens is 2. The second-order valence-electron chi connectivity index (χ2n) is 7.81. The van der Waals surface area contributed by atoms with E-state index >= 15 is 0 Å². The van der Waals surface area contributed by atoms with Crippen LogP contribution < -0.4 is 5.32 Å². The zero-order chi connectivity index (χ0) is 17.4. The lowest BCUT2D eigenvalue weighted by Gasteiger charge is -2.20. The molecule has 4 nitrogen and oxygen atoms in total. The number of aryl methyl sites for hydroxylation is 1. The summed E-state index contributed by atoms with van der Waals surface area (Å²) in [5.74, 6) is 2.52. The van der Waals surface area contributed by atoms with Crippen molar-refractivity contribution in [1.29, 1.82) is 0 Å². The average Bonchev–Trinajstić information content (AvgIpc) is 3.29. The largest absolute Gasteiger partial charge is 0.352 e. The van der Waals surface area contributed by atoms with Crippen molar-refractivity contribution in [3.05, 3.63) is 47.3 Å². The van der Waals surface area contributed by atoms with Crippen molar-refractivity contribution in [2.75, 3.05) is 0 Å². The Morgan fingerprint density at radius 3 is 2.68 bits per heavy atom. The molecule has 3 unspecified atom stereocenters. The van der Waals surface area contributed by atoms with Crippen LogP contribution in [0.4, 0.5) is 0 Å². The number of carbonyl (C=O) groups excluding carboxylic acids is 1. The Hall–Kier alpha value is -2.10. The standard InChI is InChI=1S/C21H27N3O/c1-14-20(15(2)24(23-14)19-6-4-3-5-7-19)13-22-21(25)12-18-11-16-8-9-17(18)10-16/h3-7,16-18H,8-13H2,1-2H3,(H,22,25). The molecule has 0 aliphatic heterocycles. The number of hydrogen-bond acceptors (Lipinski definition) is 2. The summed E-state index contributed by atoms with van der Waals surface area (Å²) >= 11 is 0. The van der Waals surface area contributed by atoms with Gasteiger partial charge in [-0.3, -0.25) is 4.79 Å². The van der Waals surface area contributed by atoms with Gasteiger partial charge in [-0.1, -0.05) is 24.6 Å². The third-order valence-corrected chi connectivity index (χ3v) is 6.24. The highest BCUT2D eigenvalue weighted by molar-refractivity contribution is 5.76. The molecule has 0 radical (unpaired) electrons. The molecule has 25 heavy (non-hydrogen) atoms. The van der Waals surface area contributed by atoms with Crippen molar-refractivity contribution in [3.8, 4) is 5.69 Å². The van der Waals surface area contributed by atoms with Gasteiger partial charge in [0.15, 0.2) is 0 Å². The first-order chi connectivity index (χ1) is 12.1. The first kappa shape index (κ1) is 16.4. The predicted octanol–water partition coefficient (Wildman–Crippen LogP) is 3.93. The van der Waals surface area contributed by atoms with Gasteiger partial charge in [-0.2, -0.15) is 5.10 Å². The summed E-state index contributed by atoms with van der Waals surface area (Å²) in [4.78, 5) is 12.4. The molecule has 0 saturated heterocycles. The van der Waals surface area contributed by atoms with E-state index < -0.39 is 0 Å². The molecule has 1 amide bonds. The van der Waals surface area contributed by atoms with Crippen molar-refractivity contribution >= 4 is 5.91 Å². The zero-order valence-electron chi connectivity index (χ0n) is 15.2. The lowest BCUT2D eigenvalue weighted by Crippen LogP contribution is -2.27. The lowest BCUT2D eigenvalue weighted by molar-refractivity contribution is -0.122. The summed E-state index contributed by atoms with van der Waals surface area (Å²) in [5, 5.41) is 7.80. The number of carbonyl (C=O) groups is 1. The summed E-state index contributed by atoms with van der Waals surface area (Å²) in [6, 6.07) is 10.1. The molecule has 2 saturated carbocycles. The number of nitrogens with zero attached hydrogens (tertiary/aromatic N) is 2. The van der Waals surface area contributed by atoms with Crippen molar-refractivity contribution in [2.45, 2.75) is 52.5 Å². The van der Waals surface area contributed by atoms with E-state index in [9.17, 15) is 4.79 Å². The van der Waals surface area contributed by atoms with Crippen LogP contribution >= 0.6 is 0 Å².